The number of hydrogen-bond acceptors (Lipinski definition) is 1. The summed E-state index contributed by atoms with van der Waals surface area (Å²) >= 11 is 0. The lowest BCUT2D eigenvalue weighted by Crippen LogP contribution is -2.16. The second-order valence-electron chi connectivity index (χ2n) is 4.27. The van der Waals surface area contributed by atoms with E-state index >= 15 is 0 Å². The highest BCUT2D eigenvalue weighted by Crippen LogP contribution is 2.09. The van der Waals surface area contributed by atoms with E-state index in [0.717, 1.165) is 13.1 Å². The van der Waals surface area contributed by atoms with Crippen molar-refractivity contribution in [2.24, 2.45) is 0 Å². The minimum absolute atomic E-state index is 1.01. The normalized spacial score (nSPS) is 11.6. The van der Waals surface area contributed by atoms with Gasteiger partial charge >= 0.3 is 0 Å². The van der Waals surface area contributed by atoms with Crippen molar-refractivity contribution in [3.63, 3.8) is 0 Å². The highest BCUT2D eigenvalue weighted by Gasteiger charge is 1.99. The maximum Gasteiger partial charge on any atom is 0.0423 e. The third-order valence-electron chi connectivity index (χ3n) is 2.68. The fourth-order valence-electron chi connectivity index (χ4n) is 1.84. The van der Waals surface area contributed by atoms with Crippen LogP contribution in [-0.2, 0) is 6.54 Å². The van der Waals surface area contributed by atoms with Gasteiger partial charge in [-0.2, -0.15) is 0 Å². The molecule has 0 aliphatic rings. The van der Waals surface area contributed by atoms with E-state index in [0.29, 0.717) is 0 Å². The summed E-state index contributed by atoms with van der Waals surface area (Å²) < 4.78 is 0. The molecule has 0 N–H and O–H groups in total. The molecule has 1 rings (SSSR count). The minimum atomic E-state index is 1.01. The lowest BCUT2D eigenvalue weighted by molar-refractivity contribution is 0.385. The van der Waals surface area contributed by atoms with Crippen molar-refractivity contribution < 1.29 is 0 Å². The Labute approximate surface area is 99.8 Å². The smallest absolute Gasteiger partial charge is 0.0423 e. The number of allylic oxidation sites excluding steroid dienone is 1. The Bertz CT molecular complexity index is 313. The minimum Gasteiger partial charge on any atom is -0.373 e. The van der Waals surface area contributed by atoms with E-state index < -0.39 is 0 Å². The second-order valence-corrected chi connectivity index (χ2v) is 4.27. The average molecular weight is 217 g/mol. The monoisotopic (exact) mass is 217 g/mol. The fourth-order valence-corrected chi connectivity index (χ4v) is 1.84. The van der Waals surface area contributed by atoms with Crippen molar-refractivity contribution in [2.75, 3.05) is 6.54 Å². The van der Waals surface area contributed by atoms with Crippen LogP contribution in [0, 0.1) is 0 Å². The first kappa shape index (κ1) is 12.8. The fraction of sp³-hybridized carbons (Fsp3) is 0.467. The highest BCUT2D eigenvalue weighted by molar-refractivity contribution is 5.15. The molecule has 0 unspecified atom stereocenters. The molecule has 1 heteroatoms. The number of hydrogen-bond donors (Lipinski definition) is 0. The first-order valence-corrected chi connectivity index (χ1v) is 6.21. The van der Waals surface area contributed by atoms with Gasteiger partial charge in [-0.15, -0.1) is 0 Å². The summed E-state index contributed by atoms with van der Waals surface area (Å²) in [5, 5.41) is 0. The standard InChI is InChI=1S/C15H23N/c1-4-9-14(3)12-16(5-2)13-15-10-7-6-8-11-15/h6-8,10-12H,4-5,9,13H2,1-3H3. The Hall–Kier alpha value is -1.24. The zero-order valence-electron chi connectivity index (χ0n) is 10.7. The highest BCUT2D eigenvalue weighted by atomic mass is 15.1. The predicted octanol–water partition coefficient (Wildman–Crippen LogP) is 4.21. The molecule has 0 aliphatic carbocycles. The van der Waals surface area contributed by atoms with E-state index in [4.69, 9.17) is 0 Å². The Morgan fingerprint density at radius 1 is 1.19 bits per heavy atom. The molecule has 0 fully saturated rings. The molecular formula is C15H23N. The van der Waals surface area contributed by atoms with E-state index in [9.17, 15) is 0 Å². The Balaban J connectivity index is 2.59. The molecule has 0 atom stereocenters. The molecule has 0 heterocycles. The van der Waals surface area contributed by atoms with Crippen LogP contribution < -0.4 is 0 Å². The molecule has 1 aromatic rings. The molecule has 0 amide bonds. The number of benzene rings is 1. The molecular weight excluding hydrogens is 194 g/mol. The first-order chi connectivity index (χ1) is 7.76. The van der Waals surface area contributed by atoms with Crippen molar-refractivity contribution in [3.05, 3.63) is 47.7 Å². The van der Waals surface area contributed by atoms with Crippen molar-refractivity contribution in [1.82, 2.24) is 4.90 Å². The Kier molecular flexibility index (Phi) is 5.69. The van der Waals surface area contributed by atoms with Gasteiger partial charge < -0.3 is 4.90 Å². The molecule has 1 aromatic carbocycles. The molecule has 0 aliphatic heterocycles. The van der Waals surface area contributed by atoms with Crippen LogP contribution in [0.4, 0.5) is 0 Å². The number of rotatable bonds is 6. The molecule has 1 nitrogen and oxygen atoms in total. The summed E-state index contributed by atoms with van der Waals surface area (Å²) in [5.74, 6) is 0. The third kappa shape index (κ3) is 4.52. The summed E-state index contributed by atoms with van der Waals surface area (Å²) in [4.78, 5) is 2.38. The van der Waals surface area contributed by atoms with E-state index in [1.54, 1.807) is 0 Å². The largest absolute Gasteiger partial charge is 0.373 e. The number of nitrogens with zero attached hydrogens (tertiary/aromatic N) is 1. The summed E-state index contributed by atoms with van der Waals surface area (Å²) in [6, 6.07) is 10.6. The quantitative estimate of drug-likeness (QED) is 0.690. The maximum absolute atomic E-state index is 2.38. The van der Waals surface area contributed by atoms with Gasteiger partial charge in [0.1, 0.15) is 0 Å². The Morgan fingerprint density at radius 3 is 2.44 bits per heavy atom. The van der Waals surface area contributed by atoms with E-state index in [1.807, 2.05) is 0 Å². The predicted molar refractivity (Wildman–Crippen MR) is 71.2 cm³/mol. The van der Waals surface area contributed by atoms with Gasteiger partial charge in [0.15, 0.2) is 0 Å². The van der Waals surface area contributed by atoms with Crippen molar-refractivity contribution in [1.29, 1.82) is 0 Å². The van der Waals surface area contributed by atoms with Crippen molar-refractivity contribution in [2.45, 2.75) is 40.2 Å². The SMILES string of the molecule is CCCC(C)=CN(CC)Cc1ccccc1. The molecule has 88 valence electrons. The van der Waals surface area contributed by atoms with Gasteiger partial charge in [0, 0.05) is 13.1 Å². The average Bonchev–Trinajstić information content (AvgIpc) is 2.30. The van der Waals surface area contributed by atoms with E-state index in [1.165, 1.54) is 24.0 Å². The zero-order valence-corrected chi connectivity index (χ0v) is 10.7. The first-order valence-electron chi connectivity index (χ1n) is 6.21. The van der Waals surface area contributed by atoms with Gasteiger partial charge in [0.25, 0.3) is 0 Å². The van der Waals surface area contributed by atoms with Gasteiger partial charge in [-0.1, -0.05) is 49.2 Å². The van der Waals surface area contributed by atoms with Crippen LogP contribution in [0.5, 0.6) is 0 Å². The van der Waals surface area contributed by atoms with Gasteiger partial charge in [0.2, 0.25) is 0 Å². The zero-order chi connectivity index (χ0) is 11.8. The van der Waals surface area contributed by atoms with Gasteiger partial charge in [-0.25, -0.2) is 0 Å². The van der Waals surface area contributed by atoms with Crippen LogP contribution in [0.1, 0.15) is 39.2 Å². The van der Waals surface area contributed by atoms with Gasteiger partial charge in [-0.05, 0) is 32.0 Å². The Morgan fingerprint density at radius 2 is 1.88 bits per heavy atom. The molecule has 0 saturated carbocycles. The van der Waals surface area contributed by atoms with Crippen LogP contribution in [-0.4, -0.2) is 11.4 Å². The summed E-state index contributed by atoms with van der Waals surface area (Å²) in [7, 11) is 0. The third-order valence-corrected chi connectivity index (χ3v) is 2.68. The summed E-state index contributed by atoms with van der Waals surface area (Å²) in [6.07, 6.45) is 4.73. The topological polar surface area (TPSA) is 3.24 Å². The van der Waals surface area contributed by atoms with Crippen LogP contribution in [0.3, 0.4) is 0 Å². The molecule has 0 aromatic heterocycles. The van der Waals surface area contributed by atoms with Gasteiger partial charge in [0.05, 0.1) is 0 Å². The molecule has 0 saturated heterocycles. The van der Waals surface area contributed by atoms with Crippen LogP contribution in [0.25, 0.3) is 0 Å². The molecule has 0 radical (unpaired) electrons. The van der Waals surface area contributed by atoms with Crippen molar-refractivity contribution in [3.8, 4) is 0 Å². The lowest BCUT2D eigenvalue weighted by Gasteiger charge is -2.19. The summed E-state index contributed by atoms with van der Waals surface area (Å²) in [6.45, 7) is 8.73. The van der Waals surface area contributed by atoms with E-state index in [-0.39, 0.29) is 0 Å². The van der Waals surface area contributed by atoms with Gasteiger partial charge in [-0.3, -0.25) is 0 Å². The van der Waals surface area contributed by atoms with E-state index in [2.05, 4.69) is 62.2 Å². The molecule has 0 spiro atoms. The van der Waals surface area contributed by atoms with Crippen LogP contribution >= 0.6 is 0 Å². The molecule has 16 heavy (non-hydrogen) atoms. The maximum atomic E-state index is 2.38. The lowest BCUT2D eigenvalue weighted by atomic mass is 10.2. The second kappa shape index (κ2) is 7.10. The molecule has 0 bridgehead atoms. The summed E-state index contributed by atoms with van der Waals surface area (Å²) in [5.41, 5.74) is 2.85. The van der Waals surface area contributed by atoms with Crippen molar-refractivity contribution >= 4 is 0 Å². The van der Waals surface area contributed by atoms with Crippen LogP contribution in [0.15, 0.2) is 42.1 Å². The van der Waals surface area contributed by atoms with Crippen LogP contribution in [0.2, 0.25) is 0 Å².